The van der Waals surface area contributed by atoms with Crippen LogP contribution in [0.4, 0.5) is 0 Å². The van der Waals surface area contributed by atoms with E-state index in [4.69, 9.17) is 0 Å². The fourth-order valence-electron chi connectivity index (χ4n) is 1.86. The second-order valence-electron chi connectivity index (χ2n) is 3.79. The number of carbonyl (C=O) groups is 1. The van der Waals surface area contributed by atoms with Gasteiger partial charge >= 0.3 is 0 Å². The second-order valence-corrected chi connectivity index (χ2v) is 3.79. The lowest BCUT2D eigenvalue weighted by molar-refractivity contribution is -0.119. The zero-order valence-corrected chi connectivity index (χ0v) is 7.94. The summed E-state index contributed by atoms with van der Waals surface area (Å²) < 4.78 is 0. The zero-order chi connectivity index (χ0) is 8.81. The molecule has 1 rings (SSSR count). The highest BCUT2D eigenvalue weighted by atomic mass is 16.1. The van der Waals surface area contributed by atoms with Crippen LogP contribution in [0, 0.1) is 5.92 Å². The van der Waals surface area contributed by atoms with Crippen molar-refractivity contribution in [3.63, 3.8) is 0 Å². The van der Waals surface area contributed by atoms with Crippen LogP contribution in [-0.2, 0) is 4.79 Å². The molecule has 12 heavy (non-hydrogen) atoms. The van der Waals surface area contributed by atoms with Gasteiger partial charge in [-0.2, -0.15) is 0 Å². The van der Waals surface area contributed by atoms with E-state index < -0.39 is 0 Å². The van der Waals surface area contributed by atoms with Gasteiger partial charge in [0.25, 0.3) is 0 Å². The SMILES string of the molecule is CC(=O)NCC1CCCCCC1. The maximum Gasteiger partial charge on any atom is 0.216 e. The van der Waals surface area contributed by atoms with Crippen molar-refractivity contribution in [3.8, 4) is 0 Å². The van der Waals surface area contributed by atoms with E-state index in [2.05, 4.69) is 5.32 Å². The first-order valence-corrected chi connectivity index (χ1v) is 5.03. The van der Waals surface area contributed by atoms with Gasteiger partial charge in [0.2, 0.25) is 5.91 Å². The number of hydrogen-bond acceptors (Lipinski definition) is 1. The lowest BCUT2D eigenvalue weighted by atomic mass is 10.0. The van der Waals surface area contributed by atoms with Gasteiger partial charge in [0.1, 0.15) is 0 Å². The molecule has 0 saturated heterocycles. The first-order valence-electron chi connectivity index (χ1n) is 5.03. The molecular weight excluding hydrogens is 150 g/mol. The number of nitrogens with one attached hydrogen (secondary N) is 1. The van der Waals surface area contributed by atoms with Crippen molar-refractivity contribution in [1.82, 2.24) is 5.32 Å². The Bertz CT molecular complexity index is 137. The first-order chi connectivity index (χ1) is 5.79. The molecule has 1 aliphatic carbocycles. The van der Waals surface area contributed by atoms with Gasteiger partial charge in [-0.15, -0.1) is 0 Å². The molecule has 0 heterocycles. The third kappa shape index (κ3) is 3.74. The van der Waals surface area contributed by atoms with Crippen LogP contribution in [-0.4, -0.2) is 12.5 Å². The highest BCUT2D eigenvalue weighted by Gasteiger charge is 2.11. The molecule has 1 aliphatic rings. The fraction of sp³-hybridized carbons (Fsp3) is 0.900. The summed E-state index contributed by atoms with van der Waals surface area (Å²) in [6.45, 7) is 2.49. The average Bonchev–Trinajstić information content (AvgIpc) is 2.28. The monoisotopic (exact) mass is 169 g/mol. The summed E-state index contributed by atoms with van der Waals surface area (Å²) in [5.41, 5.74) is 0. The molecule has 0 aromatic carbocycles. The molecule has 0 aromatic rings. The number of rotatable bonds is 2. The van der Waals surface area contributed by atoms with Crippen molar-refractivity contribution in [2.75, 3.05) is 6.54 Å². The Morgan fingerprint density at radius 3 is 2.33 bits per heavy atom. The third-order valence-corrected chi connectivity index (χ3v) is 2.61. The van der Waals surface area contributed by atoms with Gasteiger partial charge in [0.05, 0.1) is 0 Å². The zero-order valence-electron chi connectivity index (χ0n) is 7.94. The quantitative estimate of drug-likeness (QED) is 0.630. The molecule has 0 spiro atoms. The van der Waals surface area contributed by atoms with Gasteiger partial charge in [-0.25, -0.2) is 0 Å². The molecule has 0 bridgehead atoms. The molecule has 0 radical (unpaired) electrons. The molecule has 2 nitrogen and oxygen atoms in total. The molecule has 1 fully saturated rings. The smallest absolute Gasteiger partial charge is 0.216 e. The predicted octanol–water partition coefficient (Wildman–Crippen LogP) is 2.09. The molecule has 0 unspecified atom stereocenters. The molecule has 1 amide bonds. The molecule has 0 aliphatic heterocycles. The van der Waals surface area contributed by atoms with Crippen molar-refractivity contribution in [1.29, 1.82) is 0 Å². The molecule has 0 aromatic heterocycles. The first kappa shape index (κ1) is 9.56. The van der Waals surface area contributed by atoms with E-state index >= 15 is 0 Å². The number of hydrogen-bond donors (Lipinski definition) is 1. The van der Waals surface area contributed by atoms with Crippen LogP contribution >= 0.6 is 0 Å². The lowest BCUT2D eigenvalue weighted by Crippen LogP contribution is -2.26. The van der Waals surface area contributed by atoms with Crippen LogP contribution in [0.3, 0.4) is 0 Å². The maximum absolute atomic E-state index is 10.7. The minimum Gasteiger partial charge on any atom is -0.356 e. The van der Waals surface area contributed by atoms with Gasteiger partial charge in [0.15, 0.2) is 0 Å². The van der Waals surface area contributed by atoms with Crippen LogP contribution in [0.25, 0.3) is 0 Å². The average molecular weight is 169 g/mol. The molecule has 1 saturated carbocycles. The van der Waals surface area contributed by atoms with Crippen LogP contribution in [0.1, 0.15) is 45.4 Å². The van der Waals surface area contributed by atoms with E-state index in [9.17, 15) is 4.79 Å². The number of carbonyl (C=O) groups excluding carboxylic acids is 1. The van der Waals surface area contributed by atoms with E-state index in [0.29, 0.717) is 0 Å². The standard InChI is InChI=1S/C10H19NO/c1-9(12)11-8-10-6-4-2-3-5-7-10/h10H,2-8H2,1H3,(H,11,12). The summed E-state index contributed by atoms with van der Waals surface area (Å²) >= 11 is 0. The van der Waals surface area contributed by atoms with Gasteiger partial charge in [0, 0.05) is 13.5 Å². The van der Waals surface area contributed by atoms with Crippen molar-refractivity contribution in [3.05, 3.63) is 0 Å². The summed E-state index contributed by atoms with van der Waals surface area (Å²) in [5.74, 6) is 0.857. The summed E-state index contributed by atoms with van der Waals surface area (Å²) in [6.07, 6.45) is 8.09. The highest BCUT2D eigenvalue weighted by Crippen LogP contribution is 2.21. The second kappa shape index (κ2) is 5.18. The third-order valence-electron chi connectivity index (χ3n) is 2.61. The fourth-order valence-corrected chi connectivity index (χ4v) is 1.86. The Hall–Kier alpha value is -0.530. The van der Waals surface area contributed by atoms with E-state index in [-0.39, 0.29) is 5.91 Å². The Morgan fingerprint density at radius 1 is 1.25 bits per heavy atom. The van der Waals surface area contributed by atoms with Crippen molar-refractivity contribution in [2.24, 2.45) is 5.92 Å². The Balaban J connectivity index is 2.16. The van der Waals surface area contributed by atoms with Crippen molar-refractivity contribution >= 4 is 5.91 Å². The van der Waals surface area contributed by atoms with Crippen LogP contribution in [0.2, 0.25) is 0 Å². The molecular formula is C10H19NO. The number of amides is 1. The summed E-state index contributed by atoms with van der Waals surface area (Å²) in [7, 11) is 0. The van der Waals surface area contributed by atoms with E-state index in [1.807, 2.05) is 0 Å². The van der Waals surface area contributed by atoms with Crippen molar-refractivity contribution < 1.29 is 4.79 Å². The topological polar surface area (TPSA) is 29.1 Å². The van der Waals surface area contributed by atoms with E-state index in [0.717, 1.165) is 12.5 Å². The van der Waals surface area contributed by atoms with E-state index in [1.54, 1.807) is 6.92 Å². The van der Waals surface area contributed by atoms with Crippen LogP contribution in [0.5, 0.6) is 0 Å². The summed E-state index contributed by atoms with van der Waals surface area (Å²) in [5, 5.41) is 2.90. The molecule has 0 atom stereocenters. The highest BCUT2D eigenvalue weighted by molar-refractivity contribution is 5.72. The van der Waals surface area contributed by atoms with Crippen LogP contribution < -0.4 is 5.32 Å². The van der Waals surface area contributed by atoms with Crippen molar-refractivity contribution in [2.45, 2.75) is 45.4 Å². The summed E-state index contributed by atoms with van der Waals surface area (Å²) in [6, 6.07) is 0. The Morgan fingerprint density at radius 2 is 1.83 bits per heavy atom. The minimum absolute atomic E-state index is 0.110. The molecule has 1 N–H and O–H groups in total. The van der Waals surface area contributed by atoms with Gasteiger partial charge in [-0.05, 0) is 18.8 Å². The van der Waals surface area contributed by atoms with Gasteiger partial charge in [-0.1, -0.05) is 25.7 Å². The van der Waals surface area contributed by atoms with Gasteiger partial charge < -0.3 is 5.32 Å². The molecule has 2 heteroatoms. The largest absolute Gasteiger partial charge is 0.356 e. The Kier molecular flexibility index (Phi) is 4.12. The summed E-state index contributed by atoms with van der Waals surface area (Å²) in [4.78, 5) is 10.7. The Labute approximate surface area is 74.7 Å². The molecule has 70 valence electrons. The maximum atomic E-state index is 10.7. The predicted molar refractivity (Wildman–Crippen MR) is 49.9 cm³/mol. The lowest BCUT2D eigenvalue weighted by Gasteiger charge is -2.13. The van der Waals surface area contributed by atoms with Crippen LogP contribution in [0.15, 0.2) is 0 Å². The minimum atomic E-state index is 0.110. The normalized spacial score (nSPS) is 20.1. The van der Waals surface area contributed by atoms with E-state index in [1.165, 1.54) is 38.5 Å². The van der Waals surface area contributed by atoms with Gasteiger partial charge in [-0.3, -0.25) is 4.79 Å².